The number of aromatic amines is 1. The first kappa shape index (κ1) is 32.5. The Bertz CT molecular complexity index is 1880. The summed E-state index contributed by atoms with van der Waals surface area (Å²) < 4.78 is 32.8. The van der Waals surface area contributed by atoms with Crippen molar-refractivity contribution in [2.24, 2.45) is 0 Å². The summed E-state index contributed by atoms with van der Waals surface area (Å²) in [5, 5.41) is 3.94. The van der Waals surface area contributed by atoms with Crippen molar-refractivity contribution in [1.29, 1.82) is 0 Å². The van der Waals surface area contributed by atoms with Gasteiger partial charge in [-0.3, -0.25) is 14.4 Å². The van der Waals surface area contributed by atoms with Gasteiger partial charge >= 0.3 is 0 Å². The van der Waals surface area contributed by atoms with E-state index in [1.165, 1.54) is 42.5 Å². The molecular formula is C35H38FN7O6. The average molecular weight is 672 g/mol. The number of ether oxygens (including phenoxy) is 3. The molecule has 2 aromatic carbocycles. The lowest BCUT2D eigenvalue weighted by atomic mass is 10.0. The monoisotopic (exact) mass is 671 g/mol. The normalized spacial score (nSPS) is 20.9. The number of likely N-dealkylation sites (N-methyl/N-ethyl adjacent to an activating group) is 1. The number of carbonyl (C=O) groups excluding carboxylic acids is 3. The van der Waals surface area contributed by atoms with Gasteiger partial charge in [-0.15, -0.1) is 0 Å². The van der Waals surface area contributed by atoms with Crippen LogP contribution in [0.15, 0.2) is 55.0 Å². The van der Waals surface area contributed by atoms with E-state index in [0.29, 0.717) is 56.7 Å². The van der Waals surface area contributed by atoms with E-state index in [4.69, 9.17) is 14.2 Å². The molecule has 0 spiro atoms. The summed E-state index contributed by atoms with van der Waals surface area (Å²) in [4.78, 5) is 57.9. The SMILES string of the molecule is COC1CCN(C(=O)c2cc3cc(c2)C(=O)N(C)CC(=O)N[C@@H]2CN(c4ncnc5[nH]ccc45)CC[C@@H]2OCc2cc(F)cc(c2)O3)CC1. The van der Waals surface area contributed by atoms with Gasteiger partial charge in [-0.25, -0.2) is 14.4 Å². The number of halogens is 1. The summed E-state index contributed by atoms with van der Waals surface area (Å²) in [7, 11) is 3.19. The Morgan fingerprint density at radius 2 is 1.84 bits per heavy atom. The summed E-state index contributed by atoms with van der Waals surface area (Å²) in [5.74, 6) is -0.520. The molecule has 0 radical (unpaired) electrons. The molecule has 2 N–H and O–H groups in total. The molecule has 256 valence electrons. The van der Waals surface area contributed by atoms with E-state index in [1.807, 2.05) is 6.07 Å². The Kier molecular flexibility index (Phi) is 9.15. The fraction of sp³-hybridized carbons (Fsp3) is 0.400. The second-order valence-corrected chi connectivity index (χ2v) is 12.7. The highest BCUT2D eigenvalue weighted by atomic mass is 19.1. The standard InChI is InChI=1S/C35H38FN7O6/c1-41-18-31(44)40-29-17-43(33-28-3-7-37-32(28)38-20-39-33)10-6-30(29)48-19-21-11-24(36)16-26(12-21)49-27-14-22(34(41)45)13-23(15-27)35(46)42-8-4-25(47-2)5-9-42/h3,7,11-16,20,25,29-30H,4-6,8-10,17-19H2,1-2H3,(H,40,44)(H,37,38,39)/t29-,30+/m1/s1. The number of methoxy groups -OCH3 is 1. The third-order valence-electron chi connectivity index (χ3n) is 9.35. The molecule has 14 heteroatoms. The van der Waals surface area contributed by atoms with Gasteiger partial charge in [-0.2, -0.15) is 0 Å². The van der Waals surface area contributed by atoms with E-state index in [9.17, 15) is 18.8 Å². The fourth-order valence-corrected chi connectivity index (χ4v) is 6.82. The van der Waals surface area contributed by atoms with Crippen LogP contribution in [0.5, 0.6) is 11.5 Å². The molecule has 3 aliphatic heterocycles. The van der Waals surface area contributed by atoms with Gasteiger partial charge in [0.2, 0.25) is 5.91 Å². The lowest BCUT2D eigenvalue weighted by Gasteiger charge is -2.39. The molecule has 49 heavy (non-hydrogen) atoms. The maximum absolute atomic E-state index is 14.9. The maximum atomic E-state index is 14.9. The van der Waals surface area contributed by atoms with Crippen LogP contribution in [-0.2, 0) is 20.9 Å². The minimum atomic E-state index is -0.527. The largest absolute Gasteiger partial charge is 0.457 e. The number of anilines is 1. The number of benzene rings is 2. The number of fused-ring (bicyclic) bond motifs is 6. The van der Waals surface area contributed by atoms with Crippen molar-refractivity contribution in [1.82, 2.24) is 30.1 Å². The Labute approximate surface area is 282 Å². The van der Waals surface area contributed by atoms with Gasteiger partial charge in [0.05, 0.1) is 36.8 Å². The van der Waals surface area contributed by atoms with Gasteiger partial charge in [0.15, 0.2) is 0 Å². The highest BCUT2D eigenvalue weighted by Gasteiger charge is 2.34. The summed E-state index contributed by atoms with van der Waals surface area (Å²) in [6.07, 6.45) is 4.93. The number of nitrogens with one attached hydrogen (secondary N) is 2. The molecule has 4 bridgehead atoms. The molecule has 0 unspecified atom stereocenters. The van der Waals surface area contributed by atoms with Gasteiger partial charge in [0, 0.05) is 63.7 Å². The van der Waals surface area contributed by atoms with Crippen molar-refractivity contribution >= 4 is 34.6 Å². The minimum Gasteiger partial charge on any atom is -0.457 e. The van der Waals surface area contributed by atoms with Gasteiger partial charge in [0.1, 0.15) is 35.1 Å². The van der Waals surface area contributed by atoms with E-state index >= 15 is 0 Å². The second-order valence-electron chi connectivity index (χ2n) is 12.7. The Morgan fingerprint density at radius 1 is 1.02 bits per heavy atom. The fourth-order valence-electron chi connectivity index (χ4n) is 6.82. The topological polar surface area (TPSA) is 142 Å². The quantitative estimate of drug-likeness (QED) is 0.335. The number of hydrogen-bond acceptors (Lipinski definition) is 9. The molecular weight excluding hydrogens is 633 g/mol. The number of nitrogens with zero attached hydrogens (tertiary/aromatic N) is 5. The smallest absolute Gasteiger partial charge is 0.254 e. The van der Waals surface area contributed by atoms with Gasteiger partial charge in [-0.1, -0.05) is 0 Å². The van der Waals surface area contributed by atoms with Crippen LogP contribution in [0.3, 0.4) is 0 Å². The molecule has 4 aromatic rings. The molecule has 7 rings (SSSR count). The third-order valence-corrected chi connectivity index (χ3v) is 9.35. The van der Waals surface area contributed by atoms with Crippen LogP contribution in [0, 0.1) is 5.82 Å². The number of piperidine rings is 2. The minimum absolute atomic E-state index is 0.0698. The number of likely N-dealkylation sites (tertiary alicyclic amines) is 1. The van der Waals surface area contributed by atoms with Crippen molar-refractivity contribution in [3.63, 3.8) is 0 Å². The van der Waals surface area contributed by atoms with Crippen molar-refractivity contribution in [2.75, 3.05) is 51.8 Å². The van der Waals surface area contributed by atoms with E-state index in [2.05, 4.69) is 25.2 Å². The van der Waals surface area contributed by atoms with Crippen LogP contribution < -0.4 is 15.0 Å². The van der Waals surface area contributed by atoms with Crippen LogP contribution >= 0.6 is 0 Å². The lowest BCUT2D eigenvalue weighted by molar-refractivity contribution is -0.123. The van der Waals surface area contributed by atoms with Crippen LogP contribution in [0.1, 0.15) is 45.5 Å². The van der Waals surface area contributed by atoms with Crippen molar-refractivity contribution in [3.05, 3.63) is 77.5 Å². The molecule has 13 nitrogen and oxygen atoms in total. The predicted molar refractivity (Wildman–Crippen MR) is 177 cm³/mol. The number of rotatable bonds is 3. The van der Waals surface area contributed by atoms with Gasteiger partial charge in [-0.05, 0) is 61.2 Å². The predicted octanol–water partition coefficient (Wildman–Crippen LogP) is 3.51. The lowest BCUT2D eigenvalue weighted by Crippen LogP contribution is -2.57. The van der Waals surface area contributed by atoms with E-state index < -0.39 is 23.9 Å². The molecule has 2 saturated heterocycles. The zero-order valence-corrected chi connectivity index (χ0v) is 27.4. The van der Waals surface area contributed by atoms with Crippen LogP contribution in [0.4, 0.5) is 10.2 Å². The Hall–Kier alpha value is -5.08. The summed E-state index contributed by atoms with van der Waals surface area (Å²) >= 11 is 0. The first-order valence-corrected chi connectivity index (χ1v) is 16.4. The van der Waals surface area contributed by atoms with Crippen LogP contribution in [0.25, 0.3) is 11.0 Å². The Balaban J connectivity index is 1.18. The first-order chi connectivity index (χ1) is 23.7. The Morgan fingerprint density at radius 3 is 2.65 bits per heavy atom. The number of carbonyl (C=O) groups is 3. The average Bonchev–Trinajstić information content (AvgIpc) is 3.59. The van der Waals surface area contributed by atoms with Crippen LogP contribution in [-0.4, -0.2) is 108 Å². The van der Waals surface area contributed by atoms with Crippen LogP contribution in [0.2, 0.25) is 0 Å². The highest BCUT2D eigenvalue weighted by molar-refractivity contribution is 6.01. The molecule has 3 aliphatic rings. The number of amides is 3. The summed E-state index contributed by atoms with van der Waals surface area (Å²) in [5.41, 5.74) is 1.65. The number of H-pyrrole nitrogens is 1. The zero-order valence-electron chi connectivity index (χ0n) is 27.4. The molecule has 0 aliphatic carbocycles. The molecule has 2 fully saturated rings. The molecule has 5 heterocycles. The van der Waals surface area contributed by atoms with Crippen molar-refractivity contribution < 1.29 is 33.0 Å². The van der Waals surface area contributed by atoms with E-state index in [1.54, 1.807) is 30.3 Å². The van der Waals surface area contributed by atoms with Gasteiger partial charge < -0.3 is 39.2 Å². The number of hydrogen-bond donors (Lipinski definition) is 2. The third kappa shape index (κ3) is 7.06. The first-order valence-electron chi connectivity index (χ1n) is 16.4. The maximum Gasteiger partial charge on any atom is 0.254 e. The zero-order chi connectivity index (χ0) is 34.1. The summed E-state index contributed by atoms with van der Waals surface area (Å²) in [6, 6.07) is 10.3. The molecule has 2 aromatic heterocycles. The molecule has 2 atom stereocenters. The highest BCUT2D eigenvalue weighted by Crippen LogP contribution is 2.30. The van der Waals surface area contributed by atoms with Crippen molar-refractivity contribution in [3.8, 4) is 11.5 Å². The van der Waals surface area contributed by atoms with E-state index in [0.717, 1.165) is 11.2 Å². The van der Waals surface area contributed by atoms with Crippen molar-refractivity contribution in [2.45, 2.75) is 44.1 Å². The second kappa shape index (κ2) is 13.8. The van der Waals surface area contributed by atoms with E-state index in [-0.39, 0.29) is 53.7 Å². The molecule has 3 amide bonds. The summed E-state index contributed by atoms with van der Waals surface area (Å²) in [6.45, 7) is 1.83. The molecule has 0 saturated carbocycles. The van der Waals surface area contributed by atoms with Gasteiger partial charge in [0.25, 0.3) is 11.8 Å². The number of aromatic nitrogens is 3.